The highest BCUT2D eigenvalue weighted by atomic mass is 16.5. The zero-order valence-corrected chi connectivity index (χ0v) is 12.4. The maximum absolute atomic E-state index is 5.71. The third-order valence-electron chi connectivity index (χ3n) is 2.92. The molecule has 2 aromatic rings. The van der Waals surface area contributed by atoms with Crippen molar-refractivity contribution in [1.82, 2.24) is 15.0 Å². The number of methoxy groups -OCH3 is 1. The van der Waals surface area contributed by atoms with Crippen LogP contribution in [0, 0.1) is 0 Å². The fourth-order valence-corrected chi connectivity index (χ4v) is 1.93. The quantitative estimate of drug-likeness (QED) is 0.752. The molecule has 0 unspecified atom stereocenters. The Morgan fingerprint density at radius 1 is 1.19 bits per heavy atom. The summed E-state index contributed by atoms with van der Waals surface area (Å²) in [7, 11) is 1.59. The highest BCUT2D eigenvalue weighted by Crippen LogP contribution is 2.30. The Bertz CT molecular complexity index is 549. The second kappa shape index (κ2) is 8.04. The summed E-state index contributed by atoms with van der Waals surface area (Å²) >= 11 is 0. The number of nitrogens with zero attached hydrogens (tertiary/aromatic N) is 3. The zero-order chi connectivity index (χ0) is 14.9. The van der Waals surface area contributed by atoms with E-state index in [9.17, 15) is 0 Å². The van der Waals surface area contributed by atoms with Gasteiger partial charge < -0.3 is 14.8 Å². The van der Waals surface area contributed by atoms with Crippen LogP contribution in [0.5, 0.6) is 11.6 Å². The molecule has 112 valence electrons. The second-order valence-electron chi connectivity index (χ2n) is 4.40. The fourth-order valence-electron chi connectivity index (χ4n) is 1.93. The van der Waals surface area contributed by atoms with Gasteiger partial charge in [-0.2, -0.15) is 4.98 Å². The minimum Gasteiger partial charge on any atom is -0.489 e. The van der Waals surface area contributed by atoms with Crippen molar-refractivity contribution in [3.63, 3.8) is 0 Å². The second-order valence-corrected chi connectivity index (χ2v) is 4.40. The molecule has 0 aromatic carbocycles. The van der Waals surface area contributed by atoms with Crippen LogP contribution in [0.1, 0.15) is 18.9 Å². The van der Waals surface area contributed by atoms with E-state index in [2.05, 4.69) is 20.3 Å². The van der Waals surface area contributed by atoms with Crippen LogP contribution in [0.4, 0.5) is 5.82 Å². The summed E-state index contributed by atoms with van der Waals surface area (Å²) in [5, 5.41) is 3.12. The summed E-state index contributed by atoms with van der Waals surface area (Å²) in [5.41, 5.74) is 1.25. The normalized spacial score (nSPS) is 10.2. The number of hydrogen-bond donors (Lipinski definition) is 1. The molecule has 0 spiro atoms. The van der Waals surface area contributed by atoms with Crippen molar-refractivity contribution in [3.05, 3.63) is 36.4 Å². The first-order valence-electron chi connectivity index (χ1n) is 6.99. The van der Waals surface area contributed by atoms with Gasteiger partial charge in [0.15, 0.2) is 5.82 Å². The standard InChI is InChI=1S/C15H20N4O2/c1-3-17-14-13(20-2)15(19-11-18-14)21-10-4-5-12-6-8-16-9-7-12/h6-9,11H,3-5,10H2,1-2H3,(H,17,18,19). The van der Waals surface area contributed by atoms with E-state index in [-0.39, 0.29) is 0 Å². The van der Waals surface area contributed by atoms with Crippen LogP contribution in [-0.2, 0) is 6.42 Å². The van der Waals surface area contributed by atoms with E-state index in [0.29, 0.717) is 24.1 Å². The average molecular weight is 288 g/mol. The van der Waals surface area contributed by atoms with Crippen LogP contribution < -0.4 is 14.8 Å². The van der Waals surface area contributed by atoms with Gasteiger partial charge >= 0.3 is 0 Å². The average Bonchev–Trinajstić information content (AvgIpc) is 2.53. The summed E-state index contributed by atoms with van der Waals surface area (Å²) in [4.78, 5) is 12.3. The lowest BCUT2D eigenvalue weighted by Gasteiger charge is -2.12. The molecule has 0 radical (unpaired) electrons. The topological polar surface area (TPSA) is 69.2 Å². The van der Waals surface area contributed by atoms with Crippen LogP contribution >= 0.6 is 0 Å². The number of nitrogens with one attached hydrogen (secondary N) is 1. The Morgan fingerprint density at radius 3 is 2.71 bits per heavy atom. The molecule has 2 heterocycles. The first kappa shape index (κ1) is 15.0. The Kier molecular flexibility index (Phi) is 5.75. The van der Waals surface area contributed by atoms with Gasteiger partial charge in [0, 0.05) is 18.9 Å². The largest absolute Gasteiger partial charge is 0.489 e. The number of ether oxygens (including phenoxy) is 2. The molecule has 2 aromatic heterocycles. The molecule has 0 fully saturated rings. The molecular weight excluding hydrogens is 268 g/mol. The molecule has 0 aliphatic heterocycles. The molecule has 21 heavy (non-hydrogen) atoms. The van der Waals surface area contributed by atoms with Gasteiger partial charge in [-0.15, -0.1) is 0 Å². The molecule has 2 rings (SSSR count). The Balaban J connectivity index is 1.89. The maximum Gasteiger partial charge on any atom is 0.262 e. The molecule has 0 amide bonds. The summed E-state index contributed by atoms with van der Waals surface area (Å²) in [6.45, 7) is 3.33. The predicted octanol–water partition coefficient (Wildman–Crippen LogP) is 2.32. The number of hydrogen-bond acceptors (Lipinski definition) is 6. The number of anilines is 1. The molecular formula is C15H20N4O2. The van der Waals surface area contributed by atoms with Gasteiger partial charge in [-0.25, -0.2) is 4.98 Å². The van der Waals surface area contributed by atoms with Crippen molar-refractivity contribution in [2.75, 3.05) is 25.6 Å². The van der Waals surface area contributed by atoms with Gasteiger partial charge in [0.1, 0.15) is 6.33 Å². The van der Waals surface area contributed by atoms with E-state index < -0.39 is 0 Å². The van der Waals surface area contributed by atoms with Crippen LogP contribution in [0.25, 0.3) is 0 Å². The number of aromatic nitrogens is 3. The molecule has 0 aliphatic carbocycles. The van der Waals surface area contributed by atoms with E-state index in [4.69, 9.17) is 9.47 Å². The molecule has 1 N–H and O–H groups in total. The van der Waals surface area contributed by atoms with Gasteiger partial charge in [-0.3, -0.25) is 4.98 Å². The van der Waals surface area contributed by atoms with Gasteiger partial charge in [-0.1, -0.05) is 0 Å². The number of aryl methyl sites for hydroxylation is 1. The van der Waals surface area contributed by atoms with E-state index in [1.807, 2.05) is 19.1 Å². The number of rotatable bonds is 8. The molecule has 0 atom stereocenters. The van der Waals surface area contributed by atoms with Crippen LogP contribution in [0.3, 0.4) is 0 Å². The molecule has 6 nitrogen and oxygen atoms in total. The highest BCUT2D eigenvalue weighted by Gasteiger charge is 2.12. The predicted molar refractivity (Wildman–Crippen MR) is 80.8 cm³/mol. The first-order chi connectivity index (χ1) is 10.3. The minimum absolute atomic E-state index is 0.471. The van der Waals surface area contributed by atoms with Crippen LogP contribution in [0.2, 0.25) is 0 Å². The highest BCUT2D eigenvalue weighted by molar-refractivity contribution is 5.54. The SMILES string of the molecule is CCNc1ncnc(OCCCc2ccncc2)c1OC. The zero-order valence-electron chi connectivity index (χ0n) is 12.4. The van der Waals surface area contributed by atoms with Crippen molar-refractivity contribution in [2.45, 2.75) is 19.8 Å². The lowest BCUT2D eigenvalue weighted by molar-refractivity contribution is 0.277. The van der Waals surface area contributed by atoms with E-state index >= 15 is 0 Å². The Morgan fingerprint density at radius 2 is 2.00 bits per heavy atom. The fraction of sp³-hybridized carbons (Fsp3) is 0.400. The summed E-state index contributed by atoms with van der Waals surface area (Å²) < 4.78 is 11.0. The summed E-state index contributed by atoms with van der Waals surface area (Å²) in [6.07, 6.45) is 6.90. The molecule has 0 aliphatic rings. The minimum atomic E-state index is 0.471. The number of pyridine rings is 1. The Hall–Kier alpha value is -2.37. The van der Waals surface area contributed by atoms with Gasteiger partial charge in [0.05, 0.1) is 13.7 Å². The lowest BCUT2D eigenvalue weighted by Crippen LogP contribution is -2.07. The van der Waals surface area contributed by atoms with Crippen molar-refractivity contribution in [1.29, 1.82) is 0 Å². The van der Waals surface area contributed by atoms with E-state index in [1.54, 1.807) is 19.5 Å². The maximum atomic E-state index is 5.71. The van der Waals surface area contributed by atoms with Crippen molar-refractivity contribution in [3.8, 4) is 11.6 Å². The monoisotopic (exact) mass is 288 g/mol. The van der Waals surface area contributed by atoms with Gasteiger partial charge in [-0.05, 0) is 37.5 Å². The molecule has 6 heteroatoms. The van der Waals surface area contributed by atoms with Crippen LogP contribution in [0.15, 0.2) is 30.9 Å². The van der Waals surface area contributed by atoms with Crippen molar-refractivity contribution < 1.29 is 9.47 Å². The summed E-state index contributed by atoms with van der Waals surface area (Å²) in [6, 6.07) is 4.02. The Labute approximate surface area is 124 Å². The molecule has 0 bridgehead atoms. The lowest BCUT2D eigenvalue weighted by atomic mass is 10.1. The smallest absolute Gasteiger partial charge is 0.262 e. The third kappa shape index (κ3) is 4.30. The van der Waals surface area contributed by atoms with Crippen molar-refractivity contribution >= 4 is 5.82 Å². The molecule has 0 saturated heterocycles. The van der Waals surface area contributed by atoms with Crippen molar-refractivity contribution in [2.24, 2.45) is 0 Å². The summed E-state index contributed by atoms with van der Waals surface area (Å²) in [5.74, 6) is 1.67. The van der Waals surface area contributed by atoms with E-state index in [0.717, 1.165) is 19.4 Å². The van der Waals surface area contributed by atoms with E-state index in [1.165, 1.54) is 11.9 Å². The van der Waals surface area contributed by atoms with Crippen LogP contribution in [-0.4, -0.2) is 35.2 Å². The van der Waals surface area contributed by atoms with Gasteiger partial charge in [0.25, 0.3) is 5.88 Å². The molecule has 0 saturated carbocycles. The third-order valence-corrected chi connectivity index (χ3v) is 2.92. The van der Waals surface area contributed by atoms with Gasteiger partial charge in [0.2, 0.25) is 5.75 Å². The first-order valence-corrected chi connectivity index (χ1v) is 6.99.